The average Bonchev–Trinajstić information content (AvgIpc) is 3.27. The molecule has 0 radical (unpaired) electrons. The van der Waals surface area contributed by atoms with Crippen molar-refractivity contribution < 1.29 is 0 Å². The molecule has 0 bridgehead atoms. The highest BCUT2D eigenvalue weighted by atomic mass is 15.4. The van der Waals surface area contributed by atoms with Crippen LogP contribution in [0.5, 0.6) is 0 Å². The Balaban J connectivity index is 1.56. The van der Waals surface area contributed by atoms with Gasteiger partial charge in [0.15, 0.2) is 11.6 Å². The van der Waals surface area contributed by atoms with E-state index in [-0.39, 0.29) is 0 Å². The minimum Gasteiger partial charge on any atom is -0.353 e. The SMILES string of the molecule is Cc1cnnc(N2CCc3nc(C4CC4)nn3CC2)c1C. The van der Waals surface area contributed by atoms with Crippen LogP contribution in [0.15, 0.2) is 6.20 Å². The minimum atomic E-state index is 0.630. The molecule has 0 amide bonds. The third-order valence-electron chi connectivity index (χ3n) is 4.52. The van der Waals surface area contributed by atoms with Gasteiger partial charge in [0, 0.05) is 25.4 Å². The molecule has 0 N–H and O–H groups in total. The van der Waals surface area contributed by atoms with E-state index in [1.54, 1.807) is 0 Å². The van der Waals surface area contributed by atoms with E-state index < -0.39 is 0 Å². The second-order valence-corrected chi connectivity index (χ2v) is 6.10. The van der Waals surface area contributed by atoms with Gasteiger partial charge in [-0.25, -0.2) is 9.67 Å². The summed E-state index contributed by atoms with van der Waals surface area (Å²) in [7, 11) is 0. The number of aryl methyl sites for hydroxylation is 1. The number of fused-ring (bicyclic) bond motifs is 1. The largest absolute Gasteiger partial charge is 0.353 e. The lowest BCUT2D eigenvalue weighted by molar-refractivity contribution is 0.600. The number of anilines is 1. The van der Waals surface area contributed by atoms with E-state index in [4.69, 9.17) is 4.98 Å². The van der Waals surface area contributed by atoms with Crippen molar-refractivity contribution in [2.24, 2.45) is 0 Å². The van der Waals surface area contributed by atoms with Gasteiger partial charge in [-0.1, -0.05) is 0 Å². The highest BCUT2D eigenvalue weighted by Gasteiger charge is 2.29. The summed E-state index contributed by atoms with van der Waals surface area (Å²) in [6.07, 6.45) is 5.27. The van der Waals surface area contributed by atoms with E-state index in [9.17, 15) is 0 Å². The smallest absolute Gasteiger partial charge is 0.154 e. The predicted molar refractivity (Wildman–Crippen MR) is 79.4 cm³/mol. The van der Waals surface area contributed by atoms with Crippen LogP contribution in [0.25, 0.3) is 0 Å². The molecule has 1 aliphatic heterocycles. The van der Waals surface area contributed by atoms with Crippen molar-refractivity contribution >= 4 is 5.82 Å². The summed E-state index contributed by atoms with van der Waals surface area (Å²) in [5.74, 6) is 3.82. The molecule has 21 heavy (non-hydrogen) atoms. The zero-order chi connectivity index (χ0) is 14.4. The van der Waals surface area contributed by atoms with Gasteiger partial charge in [0.25, 0.3) is 0 Å². The van der Waals surface area contributed by atoms with Crippen LogP contribution in [0.4, 0.5) is 5.82 Å². The number of hydrogen-bond acceptors (Lipinski definition) is 5. The fourth-order valence-electron chi connectivity index (χ4n) is 2.86. The maximum atomic E-state index is 4.73. The zero-order valence-electron chi connectivity index (χ0n) is 12.6. The second kappa shape index (κ2) is 4.79. The molecule has 3 heterocycles. The van der Waals surface area contributed by atoms with E-state index in [0.29, 0.717) is 5.92 Å². The average molecular weight is 284 g/mol. The monoisotopic (exact) mass is 284 g/mol. The van der Waals surface area contributed by atoms with Gasteiger partial charge in [-0.15, -0.1) is 5.10 Å². The van der Waals surface area contributed by atoms with Crippen LogP contribution in [0.3, 0.4) is 0 Å². The Morgan fingerprint density at radius 3 is 2.81 bits per heavy atom. The Morgan fingerprint density at radius 2 is 2.00 bits per heavy atom. The molecule has 1 fully saturated rings. The Labute approximate surface area is 124 Å². The molecule has 0 unspecified atom stereocenters. The number of hydrogen-bond donors (Lipinski definition) is 0. The predicted octanol–water partition coefficient (Wildman–Crippen LogP) is 1.63. The summed E-state index contributed by atoms with van der Waals surface area (Å²) in [4.78, 5) is 7.04. The van der Waals surface area contributed by atoms with Gasteiger partial charge in [-0.05, 0) is 37.8 Å². The van der Waals surface area contributed by atoms with Crippen LogP contribution in [-0.4, -0.2) is 38.1 Å². The van der Waals surface area contributed by atoms with E-state index >= 15 is 0 Å². The maximum absolute atomic E-state index is 4.73. The van der Waals surface area contributed by atoms with Crippen LogP contribution in [0, 0.1) is 13.8 Å². The third kappa shape index (κ3) is 2.28. The quantitative estimate of drug-likeness (QED) is 0.839. The number of aromatic nitrogens is 5. The topological polar surface area (TPSA) is 59.7 Å². The fourth-order valence-corrected chi connectivity index (χ4v) is 2.86. The van der Waals surface area contributed by atoms with E-state index in [2.05, 4.69) is 38.7 Å². The van der Waals surface area contributed by atoms with E-state index in [0.717, 1.165) is 43.5 Å². The molecule has 0 spiro atoms. The molecule has 110 valence electrons. The summed E-state index contributed by atoms with van der Waals surface area (Å²) in [5, 5.41) is 13.1. The Kier molecular flexibility index (Phi) is 2.90. The first-order chi connectivity index (χ1) is 10.2. The number of rotatable bonds is 2. The zero-order valence-corrected chi connectivity index (χ0v) is 12.6. The van der Waals surface area contributed by atoms with Gasteiger partial charge < -0.3 is 4.90 Å². The van der Waals surface area contributed by atoms with Crippen molar-refractivity contribution in [1.29, 1.82) is 0 Å². The highest BCUT2D eigenvalue weighted by molar-refractivity contribution is 5.48. The summed E-state index contributed by atoms with van der Waals surface area (Å²) < 4.78 is 2.09. The van der Waals surface area contributed by atoms with Crippen molar-refractivity contribution in [3.8, 4) is 0 Å². The molecule has 2 aliphatic rings. The molecular weight excluding hydrogens is 264 g/mol. The lowest BCUT2D eigenvalue weighted by atomic mass is 10.2. The second-order valence-electron chi connectivity index (χ2n) is 6.10. The van der Waals surface area contributed by atoms with E-state index in [1.807, 2.05) is 6.20 Å². The number of nitrogens with zero attached hydrogens (tertiary/aromatic N) is 6. The molecule has 4 rings (SSSR count). The molecule has 1 aliphatic carbocycles. The molecule has 6 nitrogen and oxygen atoms in total. The van der Waals surface area contributed by atoms with Crippen molar-refractivity contribution in [3.05, 3.63) is 29.0 Å². The first-order valence-corrected chi connectivity index (χ1v) is 7.70. The molecule has 1 saturated carbocycles. The summed E-state index contributed by atoms with van der Waals surface area (Å²) in [6.45, 7) is 6.93. The van der Waals surface area contributed by atoms with Gasteiger partial charge >= 0.3 is 0 Å². The van der Waals surface area contributed by atoms with Crippen LogP contribution in [0.2, 0.25) is 0 Å². The summed E-state index contributed by atoms with van der Waals surface area (Å²) in [5.41, 5.74) is 2.41. The molecule has 0 aromatic carbocycles. The van der Waals surface area contributed by atoms with Crippen LogP contribution in [0.1, 0.15) is 41.5 Å². The minimum absolute atomic E-state index is 0.630. The van der Waals surface area contributed by atoms with E-state index in [1.165, 1.54) is 24.0 Å². The van der Waals surface area contributed by atoms with Crippen LogP contribution in [-0.2, 0) is 13.0 Å². The van der Waals surface area contributed by atoms with Crippen LogP contribution >= 0.6 is 0 Å². The van der Waals surface area contributed by atoms with Crippen molar-refractivity contribution in [2.45, 2.75) is 45.6 Å². The van der Waals surface area contributed by atoms with Gasteiger partial charge in [-0.3, -0.25) is 0 Å². The standard InChI is InChI=1S/C15H20N6/c1-10-9-16-18-15(11(10)2)20-6-5-13-17-14(12-3-4-12)19-21(13)8-7-20/h9,12H,3-8H2,1-2H3. The third-order valence-corrected chi connectivity index (χ3v) is 4.52. The van der Waals surface area contributed by atoms with Crippen LogP contribution < -0.4 is 4.90 Å². The molecule has 2 aromatic heterocycles. The fraction of sp³-hybridized carbons (Fsp3) is 0.600. The molecule has 6 heteroatoms. The first kappa shape index (κ1) is 12.7. The molecule has 0 saturated heterocycles. The van der Waals surface area contributed by atoms with Gasteiger partial charge in [0.1, 0.15) is 5.82 Å². The summed E-state index contributed by atoms with van der Waals surface area (Å²) >= 11 is 0. The Hall–Kier alpha value is -1.98. The van der Waals surface area contributed by atoms with Gasteiger partial charge in [-0.2, -0.15) is 10.2 Å². The lowest BCUT2D eigenvalue weighted by Crippen LogP contribution is -2.29. The highest BCUT2D eigenvalue weighted by Crippen LogP contribution is 2.38. The lowest BCUT2D eigenvalue weighted by Gasteiger charge is -2.22. The maximum Gasteiger partial charge on any atom is 0.154 e. The Bertz CT molecular complexity index is 647. The molecular formula is C15H20N6. The molecule has 2 aromatic rings. The Morgan fingerprint density at radius 1 is 1.14 bits per heavy atom. The normalized spacial score (nSPS) is 18.5. The van der Waals surface area contributed by atoms with Crippen molar-refractivity contribution in [2.75, 3.05) is 18.0 Å². The molecule has 0 atom stereocenters. The van der Waals surface area contributed by atoms with Gasteiger partial charge in [0.2, 0.25) is 0 Å². The first-order valence-electron chi connectivity index (χ1n) is 7.70. The van der Waals surface area contributed by atoms with Crippen molar-refractivity contribution in [3.63, 3.8) is 0 Å². The summed E-state index contributed by atoms with van der Waals surface area (Å²) in [6, 6.07) is 0. The van der Waals surface area contributed by atoms with Crippen molar-refractivity contribution in [1.82, 2.24) is 25.0 Å². The van der Waals surface area contributed by atoms with Gasteiger partial charge in [0.05, 0.1) is 12.7 Å².